The van der Waals surface area contributed by atoms with Crippen LogP contribution in [-0.2, 0) is 13.0 Å². The predicted molar refractivity (Wildman–Crippen MR) is 104 cm³/mol. The minimum absolute atomic E-state index is 0.409. The molecule has 1 aliphatic rings. The molecule has 0 fully saturated rings. The van der Waals surface area contributed by atoms with Crippen molar-refractivity contribution in [2.75, 3.05) is 0 Å². The van der Waals surface area contributed by atoms with Gasteiger partial charge in [-0.15, -0.1) is 0 Å². The van der Waals surface area contributed by atoms with Crippen LogP contribution in [0.2, 0.25) is 5.02 Å². The van der Waals surface area contributed by atoms with Crippen molar-refractivity contribution in [1.82, 2.24) is 14.5 Å². The number of aryl methyl sites for hydroxylation is 1. The second-order valence-electron chi connectivity index (χ2n) is 6.95. The number of hydrogen-bond acceptors (Lipinski definition) is 3. The van der Waals surface area contributed by atoms with Gasteiger partial charge in [-0.2, -0.15) is 0 Å². The first-order valence-corrected chi connectivity index (χ1v) is 8.97. The molecule has 0 saturated carbocycles. The van der Waals surface area contributed by atoms with E-state index < -0.39 is 5.60 Å². The smallest absolute Gasteiger partial charge is 0.105 e. The van der Waals surface area contributed by atoms with Gasteiger partial charge in [0.05, 0.1) is 12.2 Å². The van der Waals surface area contributed by atoms with Crippen LogP contribution in [0, 0.1) is 6.92 Å². The molecule has 0 amide bonds. The summed E-state index contributed by atoms with van der Waals surface area (Å²) < 4.78 is 1.96. The molecule has 0 bridgehead atoms. The third-order valence-electron chi connectivity index (χ3n) is 4.93. The summed E-state index contributed by atoms with van der Waals surface area (Å²) in [4.78, 5) is 8.79. The van der Waals surface area contributed by atoms with E-state index in [0.29, 0.717) is 18.0 Å². The van der Waals surface area contributed by atoms with Crippen molar-refractivity contribution in [2.24, 2.45) is 0 Å². The molecule has 4 rings (SSSR count). The van der Waals surface area contributed by atoms with Crippen LogP contribution in [0.5, 0.6) is 0 Å². The van der Waals surface area contributed by atoms with E-state index in [4.69, 9.17) is 11.6 Å². The Morgan fingerprint density at radius 1 is 1.23 bits per heavy atom. The van der Waals surface area contributed by atoms with Crippen molar-refractivity contribution < 1.29 is 5.11 Å². The van der Waals surface area contributed by atoms with E-state index in [2.05, 4.69) is 9.97 Å². The zero-order chi connectivity index (χ0) is 18.3. The first kappa shape index (κ1) is 17.0. The van der Waals surface area contributed by atoms with Crippen LogP contribution >= 0.6 is 11.6 Å². The molecular weight excluding hydrogens is 346 g/mol. The second-order valence-corrected chi connectivity index (χ2v) is 7.39. The molecule has 2 heterocycles. The lowest BCUT2D eigenvalue weighted by atomic mass is 9.86. The van der Waals surface area contributed by atoms with Crippen LogP contribution in [0.4, 0.5) is 0 Å². The van der Waals surface area contributed by atoms with Crippen molar-refractivity contribution in [2.45, 2.75) is 32.4 Å². The zero-order valence-corrected chi connectivity index (χ0v) is 15.5. The quantitative estimate of drug-likeness (QED) is 0.759. The predicted octanol–water partition coefficient (Wildman–Crippen LogP) is 4.14. The van der Waals surface area contributed by atoms with Crippen molar-refractivity contribution >= 4 is 23.3 Å². The fraction of sp³-hybridized carbons (Fsp3) is 0.238. The summed E-state index contributed by atoms with van der Waals surface area (Å²) >= 11 is 6.28. The van der Waals surface area contributed by atoms with Crippen molar-refractivity contribution in [3.05, 3.63) is 82.2 Å². The van der Waals surface area contributed by atoms with E-state index >= 15 is 0 Å². The van der Waals surface area contributed by atoms with E-state index in [0.717, 1.165) is 33.8 Å². The number of fused-ring (bicyclic) bond motifs is 2. The van der Waals surface area contributed by atoms with Crippen molar-refractivity contribution in [3.63, 3.8) is 0 Å². The number of aliphatic hydroxyl groups is 1. The Morgan fingerprint density at radius 2 is 2.08 bits per heavy atom. The maximum Gasteiger partial charge on any atom is 0.105 e. The maximum atomic E-state index is 11.4. The first-order valence-electron chi connectivity index (χ1n) is 8.59. The van der Waals surface area contributed by atoms with Crippen molar-refractivity contribution in [3.8, 4) is 0 Å². The van der Waals surface area contributed by atoms with E-state index in [1.54, 1.807) is 12.4 Å². The zero-order valence-electron chi connectivity index (χ0n) is 14.8. The Balaban J connectivity index is 1.88. The second kappa shape index (κ2) is 6.38. The lowest BCUT2D eigenvalue weighted by Crippen LogP contribution is -2.32. The number of imidazole rings is 1. The minimum atomic E-state index is -1.09. The topological polar surface area (TPSA) is 50.9 Å². The molecular formula is C21H20ClN3O. The van der Waals surface area contributed by atoms with Gasteiger partial charge in [0.2, 0.25) is 0 Å². The molecule has 0 aliphatic heterocycles. The normalized spacial score (nSPS) is 15.5. The molecule has 1 unspecified atom stereocenters. The summed E-state index contributed by atoms with van der Waals surface area (Å²) in [5.41, 5.74) is 3.86. The highest BCUT2D eigenvalue weighted by Crippen LogP contribution is 2.38. The molecule has 0 spiro atoms. The Bertz CT molecular complexity index is 1000. The Labute approximate surface area is 157 Å². The van der Waals surface area contributed by atoms with Gasteiger partial charge in [0.25, 0.3) is 0 Å². The standard InChI is InChI=1S/C21H20ClN3O/c1-14-23-8-9-25(14)13-21(2,26)19-10-16-4-3-7-24-20(16)11-15-5-6-17(22)12-18(15)19/h3-10,12,26H,11,13H2,1-2H3. The SMILES string of the molecule is Cc1nccn1CC(C)(O)C1=Cc2cccnc2Cc2ccc(Cl)cc21. The van der Waals surface area contributed by atoms with Crippen LogP contribution in [0.1, 0.15) is 35.1 Å². The highest BCUT2D eigenvalue weighted by atomic mass is 35.5. The van der Waals surface area contributed by atoms with Crippen LogP contribution < -0.4 is 0 Å². The molecule has 0 radical (unpaired) electrons. The van der Waals surface area contributed by atoms with E-state index in [1.807, 2.05) is 61.0 Å². The van der Waals surface area contributed by atoms with Gasteiger partial charge in [0.15, 0.2) is 0 Å². The Hall–Kier alpha value is -2.43. The summed E-state index contributed by atoms with van der Waals surface area (Å²) in [7, 11) is 0. The van der Waals surface area contributed by atoms with Crippen LogP contribution in [-0.4, -0.2) is 25.2 Å². The fourth-order valence-electron chi connectivity index (χ4n) is 3.53. The summed E-state index contributed by atoms with van der Waals surface area (Å²) in [6.07, 6.45) is 8.19. The van der Waals surface area contributed by atoms with Crippen LogP contribution in [0.3, 0.4) is 0 Å². The van der Waals surface area contributed by atoms with Crippen molar-refractivity contribution in [1.29, 1.82) is 0 Å². The highest BCUT2D eigenvalue weighted by molar-refractivity contribution is 6.30. The average Bonchev–Trinajstić information content (AvgIpc) is 2.91. The van der Waals surface area contributed by atoms with Gasteiger partial charge in [-0.25, -0.2) is 4.98 Å². The lowest BCUT2D eigenvalue weighted by Gasteiger charge is -2.29. The molecule has 1 N–H and O–H groups in total. The molecule has 5 heteroatoms. The van der Waals surface area contributed by atoms with E-state index in [9.17, 15) is 5.11 Å². The largest absolute Gasteiger partial charge is 0.384 e. The molecule has 4 nitrogen and oxygen atoms in total. The number of nitrogens with zero attached hydrogens (tertiary/aromatic N) is 3. The third-order valence-corrected chi connectivity index (χ3v) is 5.16. The number of rotatable bonds is 3. The first-order chi connectivity index (χ1) is 12.4. The average molecular weight is 366 g/mol. The molecule has 1 aromatic carbocycles. The van der Waals surface area contributed by atoms with E-state index in [1.165, 1.54) is 0 Å². The van der Waals surface area contributed by atoms with Gasteiger partial charge >= 0.3 is 0 Å². The molecule has 132 valence electrons. The summed E-state index contributed by atoms with van der Waals surface area (Å²) in [5.74, 6) is 0.868. The number of hydrogen-bond donors (Lipinski definition) is 1. The number of halogens is 1. The minimum Gasteiger partial charge on any atom is -0.384 e. The van der Waals surface area contributed by atoms with Gasteiger partial charge in [-0.3, -0.25) is 4.98 Å². The fourth-order valence-corrected chi connectivity index (χ4v) is 3.70. The van der Waals surface area contributed by atoms with E-state index in [-0.39, 0.29) is 0 Å². The molecule has 2 aromatic heterocycles. The molecule has 1 aliphatic carbocycles. The van der Waals surface area contributed by atoms with Gasteiger partial charge in [0, 0.05) is 30.0 Å². The highest BCUT2D eigenvalue weighted by Gasteiger charge is 2.31. The monoisotopic (exact) mass is 365 g/mol. The summed E-state index contributed by atoms with van der Waals surface area (Å²) in [6, 6.07) is 9.80. The maximum absolute atomic E-state index is 11.4. The Morgan fingerprint density at radius 3 is 2.85 bits per heavy atom. The third kappa shape index (κ3) is 3.06. The van der Waals surface area contributed by atoms with Gasteiger partial charge < -0.3 is 9.67 Å². The number of pyridine rings is 1. The van der Waals surface area contributed by atoms with Crippen LogP contribution in [0.25, 0.3) is 11.6 Å². The number of aromatic nitrogens is 3. The lowest BCUT2D eigenvalue weighted by molar-refractivity contribution is 0.102. The molecule has 1 atom stereocenters. The molecule has 0 saturated heterocycles. The Kier molecular flexibility index (Phi) is 4.17. The van der Waals surface area contributed by atoms with Gasteiger partial charge in [-0.05, 0) is 60.4 Å². The molecule has 3 aromatic rings. The van der Waals surface area contributed by atoms with Gasteiger partial charge in [-0.1, -0.05) is 23.7 Å². The van der Waals surface area contributed by atoms with Crippen LogP contribution in [0.15, 0.2) is 48.9 Å². The molecule has 26 heavy (non-hydrogen) atoms. The summed E-state index contributed by atoms with van der Waals surface area (Å²) in [6.45, 7) is 4.18. The number of benzene rings is 1. The van der Waals surface area contributed by atoms with Gasteiger partial charge in [0.1, 0.15) is 11.4 Å². The summed E-state index contributed by atoms with van der Waals surface area (Å²) in [5, 5.41) is 12.1.